The molecule has 13 heavy (non-hydrogen) atoms. The highest BCUT2D eigenvalue weighted by molar-refractivity contribution is 5.08. The number of hydrogen-bond donors (Lipinski definition) is 1. The first-order valence-corrected chi connectivity index (χ1v) is 4.50. The summed E-state index contributed by atoms with van der Waals surface area (Å²) in [7, 11) is 0. The zero-order valence-corrected chi connectivity index (χ0v) is 7.90. The molecular weight excluding hydrogens is 162 g/mol. The average Bonchev–Trinajstić information content (AvgIpc) is 2.21. The van der Waals surface area contributed by atoms with Gasteiger partial charge in [0.1, 0.15) is 0 Å². The molecule has 0 aliphatic carbocycles. The Morgan fingerprint density at radius 3 is 3.00 bits per heavy atom. The molecule has 70 valence electrons. The van der Waals surface area contributed by atoms with Crippen molar-refractivity contribution in [2.24, 2.45) is 0 Å². The second-order valence-electron chi connectivity index (χ2n) is 2.80. The summed E-state index contributed by atoms with van der Waals surface area (Å²) in [6.07, 6.45) is 8.07. The molecule has 0 saturated carbocycles. The van der Waals surface area contributed by atoms with Crippen molar-refractivity contribution < 1.29 is 0 Å². The number of aromatic nitrogens is 2. The molecule has 0 saturated heterocycles. The van der Waals surface area contributed by atoms with Crippen LogP contribution in [0.3, 0.4) is 0 Å². The maximum Gasteiger partial charge on any atom is 0.0795 e. The fourth-order valence-electron chi connectivity index (χ4n) is 1.08. The summed E-state index contributed by atoms with van der Waals surface area (Å²) in [4.78, 5) is 8.22. The summed E-state index contributed by atoms with van der Waals surface area (Å²) in [6.45, 7) is 6.85. The zero-order valence-electron chi connectivity index (χ0n) is 7.90. The smallest absolute Gasteiger partial charge is 0.0795 e. The molecule has 0 aliphatic heterocycles. The van der Waals surface area contributed by atoms with Gasteiger partial charge in [0.2, 0.25) is 0 Å². The molecule has 1 rings (SSSR count). The van der Waals surface area contributed by atoms with Gasteiger partial charge in [-0.15, -0.1) is 6.58 Å². The van der Waals surface area contributed by atoms with Crippen LogP contribution in [0, 0.1) is 0 Å². The number of rotatable bonds is 5. The Morgan fingerprint density at radius 1 is 1.62 bits per heavy atom. The third kappa shape index (κ3) is 2.95. The van der Waals surface area contributed by atoms with Crippen molar-refractivity contribution in [3.63, 3.8) is 0 Å². The highest BCUT2D eigenvalue weighted by Gasteiger charge is 2.06. The third-order valence-electron chi connectivity index (χ3n) is 1.75. The summed E-state index contributed by atoms with van der Waals surface area (Å²) >= 11 is 0. The standard InChI is InChI=1S/C10H15N3/c1-3-5-12-9(4-2)10-8-11-6-7-13-10/h4,6-9,12H,2-3,5H2,1H3. The largest absolute Gasteiger partial charge is 0.305 e. The molecule has 1 aromatic heterocycles. The Morgan fingerprint density at radius 2 is 2.46 bits per heavy atom. The molecule has 0 bridgehead atoms. The maximum atomic E-state index is 4.21. The van der Waals surface area contributed by atoms with Crippen LogP contribution in [-0.4, -0.2) is 16.5 Å². The molecule has 0 radical (unpaired) electrons. The van der Waals surface area contributed by atoms with Crippen molar-refractivity contribution in [3.05, 3.63) is 36.9 Å². The Labute approximate surface area is 78.9 Å². The van der Waals surface area contributed by atoms with Crippen LogP contribution in [0.1, 0.15) is 25.1 Å². The third-order valence-corrected chi connectivity index (χ3v) is 1.75. The molecule has 0 fully saturated rings. The van der Waals surface area contributed by atoms with Crippen LogP contribution in [0.4, 0.5) is 0 Å². The molecule has 3 nitrogen and oxygen atoms in total. The molecule has 1 heterocycles. The molecule has 0 aromatic carbocycles. The molecule has 1 N–H and O–H groups in total. The van der Waals surface area contributed by atoms with Crippen LogP contribution in [0.5, 0.6) is 0 Å². The minimum absolute atomic E-state index is 0.119. The van der Waals surface area contributed by atoms with E-state index in [1.54, 1.807) is 18.6 Å². The Bertz CT molecular complexity index is 246. The molecule has 1 unspecified atom stereocenters. The topological polar surface area (TPSA) is 37.8 Å². The van der Waals surface area contributed by atoms with Crippen LogP contribution >= 0.6 is 0 Å². The molecule has 1 atom stereocenters. The summed E-state index contributed by atoms with van der Waals surface area (Å²) in [5.74, 6) is 0. The molecular formula is C10H15N3. The van der Waals surface area contributed by atoms with Crippen molar-refractivity contribution in [2.45, 2.75) is 19.4 Å². The zero-order chi connectivity index (χ0) is 9.52. The van der Waals surface area contributed by atoms with Crippen LogP contribution in [0.15, 0.2) is 31.2 Å². The van der Waals surface area contributed by atoms with Crippen LogP contribution in [0.25, 0.3) is 0 Å². The highest BCUT2D eigenvalue weighted by atomic mass is 14.9. The van der Waals surface area contributed by atoms with Gasteiger partial charge in [0.05, 0.1) is 17.9 Å². The van der Waals surface area contributed by atoms with Gasteiger partial charge in [0.15, 0.2) is 0 Å². The van der Waals surface area contributed by atoms with E-state index in [0.717, 1.165) is 18.7 Å². The maximum absolute atomic E-state index is 4.21. The summed E-state index contributed by atoms with van der Waals surface area (Å²) < 4.78 is 0. The lowest BCUT2D eigenvalue weighted by molar-refractivity contribution is 0.599. The van der Waals surface area contributed by atoms with Gasteiger partial charge in [0, 0.05) is 12.4 Å². The van der Waals surface area contributed by atoms with E-state index in [-0.39, 0.29) is 6.04 Å². The minimum Gasteiger partial charge on any atom is -0.305 e. The highest BCUT2D eigenvalue weighted by Crippen LogP contribution is 2.08. The van der Waals surface area contributed by atoms with Gasteiger partial charge in [-0.25, -0.2) is 0 Å². The normalized spacial score (nSPS) is 12.4. The second kappa shape index (κ2) is 5.43. The van der Waals surface area contributed by atoms with Crippen molar-refractivity contribution in [3.8, 4) is 0 Å². The Hall–Kier alpha value is -1.22. The fourth-order valence-corrected chi connectivity index (χ4v) is 1.08. The van der Waals surface area contributed by atoms with Gasteiger partial charge in [-0.2, -0.15) is 0 Å². The van der Waals surface area contributed by atoms with E-state index in [4.69, 9.17) is 0 Å². The first-order chi connectivity index (χ1) is 6.38. The van der Waals surface area contributed by atoms with E-state index in [9.17, 15) is 0 Å². The molecule has 0 spiro atoms. The minimum atomic E-state index is 0.119. The lowest BCUT2D eigenvalue weighted by Gasteiger charge is -2.12. The van der Waals surface area contributed by atoms with Crippen molar-refractivity contribution in [1.82, 2.24) is 15.3 Å². The fraction of sp³-hybridized carbons (Fsp3) is 0.400. The van der Waals surface area contributed by atoms with Gasteiger partial charge in [-0.3, -0.25) is 9.97 Å². The molecule has 3 heteroatoms. The molecule has 0 amide bonds. The van der Waals surface area contributed by atoms with E-state index in [2.05, 4.69) is 28.8 Å². The summed E-state index contributed by atoms with van der Waals surface area (Å²) in [5.41, 5.74) is 0.922. The summed E-state index contributed by atoms with van der Waals surface area (Å²) in [6, 6.07) is 0.119. The van der Waals surface area contributed by atoms with E-state index in [1.165, 1.54) is 0 Å². The number of hydrogen-bond acceptors (Lipinski definition) is 3. The Kier molecular flexibility index (Phi) is 4.12. The number of nitrogens with one attached hydrogen (secondary N) is 1. The first-order valence-electron chi connectivity index (χ1n) is 4.50. The first kappa shape index (κ1) is 9.86. The van der Waals surface area contributed by atoms with Crippen molar-refractivity contribution >= 4 is 0 Å². The van der Waals surface area contributed by atoms with Crippen LogP contribution in [-0.2, 0) is 0 Å². The monoisotopic (exact) mass is 177 g/mol. The van der Waals surface area contributed by atoms with Crippen molar-refractivity contribution in [2.75, 3.05) is 6.54 Å². The van der Waals surface area contributed by atoms with Crippen LogP contribution < -0.4 is 5.32 Å². The van der Waals surface area contributed by atoms with E-state index < -0.39 is 0 Å². The lowest BCUT2D eigenvalue weighted by atomic mass is 10.2. The van der Waals surface area contributed by atoms with Gasteiger partial charge >= 0.3 is 0 Å². The van der Waals surface area contributed by atoms with Gasteiger partial charge in [-0.05, 0) is 13.0 Å². The molecule has 0 aliphatic rings. The SMILES string of the molecule is C=CC(NCCC)c1cnccn1. The van der Waals surface area contributed by atoms with E-state index in [1.807, 2.05) is 6.08 Å². The molecule has 1 aromatic rings. The second-order valence-corrected chi connectivity index (χ2v) is 2.80. The van der Waals surface area contributed by atoms with Gasteiger partial charge < -0.3 is 5.32 Å². The van der Waals surface area contributed by atoms with Gasteiger partial charge in [0.25, 0.3) is 0 Å². The predicted molar refractivity (Wildman–Crippen MR) is 53.3 cm³/mol. The van der Waals surface area contributed by atoms with E-state index in [0.29, 0.717) is 0 Å². The number of nitrogens with zero attached hydrogens (tertiary/aromatic N) is 2. The van der Waals surface area contributed by atoms with E-state index >= 15 is 0 Å². The predicted octanol–water partition coefficient (Wildman–Crippen LogP) is 1.70. The summed E-state index contributed by atoms with van der Waals surface area (Å²) in [5, 5.41) is 3.31. The Balaban J connectivity index is 2.61. The van der Waals surface area contributed by atoms with Gasteiger partial charge in [-0.1, -0.05) is 13.0 Å². The quantitative estimate of drug-likeness (QED) is 0.696. The lowest BCUT2D eigenvalue weighted by Crippen LogP contribution is -2.21. The van der Waals surface area contributed by atoms with Crippen molar-refractivity contribution in [1.29, 1.82) is 0 Å². The van der Waals surface area contributed by atoms with Crippen LogP contribution in [0.2, 0.25) is 0 Å². The average molecular weight is 177 g/mol.